The number of nitrogens with zero attached hydrogens (tertiary/aromatic N) is 2. The van der Waals surface area contributed by atoms with Crippen molar-refractivity contribution in [2.24, 2.45) is 0 Å². The molecule has 0 spiro atoms. The minimum Gasteiger partial charge on any atom is -0.308 e. The van der Waals surface area contributed by atoms with Crippen molar-refractivity contribution in [3.05, 3.63) is 182 Å². The number of pyridine rings is 1. The number of fused-ring (bicyclic) bond motifs is 7. The smallest absolute Gasteiger partial charge is 0.180 e. The number of para-hydroxylation sites is 1. The van der Waals surface area contributed by atoms with Crippen molar-refractivity contribution in [2.45, 2.75) is 0 Å². The molecular formula is C45H30N2Si. The summed E-state index contributed by atoms with van der Waals surface area (Å²) < 4.78 is 2.39. The van der Waals surface area contributed by atoms with E-state index in [1.54, 1.807) is 0 Å². The third-order valence-corrected chi connectivity index (χ3v) is 15.1. The Morgan fingerprint density at radius 3 is 1.85 bits per heavy atom. The highest BCUT2D eigenvalue weighted by Crippen LogP contribution is 2.36. The van der Waals surface area contributed by atoms with E-state index in [0.717, 1.165) is 38.5 Å². The van der Waals surface area contributed by atoms with Gasteiger partial charge >= 0.3 is 0 Å². The molecule has 7 aromatic carbocycles. The molecule has 0 N–H and O–H groups in total. The zero-order chi connectivity index (χ0) is 31.7. The second-order valence-corrected chi connectivity index (χ2v) is 16.5. The van der Waals surface area contributed by atoms with E-state index >= 15 is 0 Å². The monoisotopic (exact) mass is 626 g/mol. The Hall–Kier alpha value is -6.03. The molecule has 2 nitrogen and oxygen atoms in total. The molecule has 0 atom stereocenters. The molecule has 0 amide bonds. The van der Waals surface area contributed by atoms with Gasteiger partial charge in [-0.15, -0.1) is 0 Å². The molecule has 9 aromatic rings. The molecule has 0 bridgehead atoms. The molecule has 0 saturated carbocycles. The highest BCUT2D eigenvalue weighted by Gasteiger charge is 2.48. The van der Waals surface area contributed by atoms with Crippen LogP contribution in [0.3, 0.4) is 0 Å². The highest BCUT2D eigenvalue weighted by molar-refractivity contribution is 7.22. The van der Waals surface area contributed by atoms with Gasteiger partial charge in [-0.05, 0) is 79.4 Å². The van der Waals surface area contributed by atoms with Crippen LogP contribution in [-0.4, -0.2) is 17.6 Å². The Morgan fingerprint density at radius 1 is 0.438 bits per heavy atom. The molecule has 10 rings (SSSR count). The lowest BCUT2D eigenvalue weighted by Gasteiger charge is -2.31. The van der Waals surface area contributed by atoms with Gasteiger partial charge in [-0.1, -0.05) is 146 Å². The zero-order valence-corrected chi connectivity index (χ0v) is 27.2. The SMILES string of the molecule is c1ccc(-c2cccc(-n3c4ccccc4c4nc5cc6c(cc5cc43)-c3ccccc3[Si]6(c3ccccc3)c3ccccc3)c2)cc1. The van der Waals surface area contributed by atoms with Crippen molar-refractivity contribution in [3.8, 4) is 27.9 Å². The largest absolute Gasteiger partial charge is 0.308 e. The molecule has 3 heterocycles. The van der Waals surface area contributed by atoms with E-state index in [-0.39, 0.29) is 0 Å². The predicted octanol–water partition coefficient (Wildman–Crippen LogP) is 8.36. The highest BCUT2D eigenvalue weighted by atomic mass is 28.3. The molecule has 224 valence electrons. The van der Waals surface area contributed by atoms with Crippen LogP contribution in [0.1, 0.15) is 0 Å². The van der Waals surface area contributed by atoms with Crippen LogP contribution in [0.25, 0.3) is 60.8 Å². The quantitative estimate of drug-likeness (QED) is 0.180. The third-order valence-electron chi connectivity index (χ3n) is 10.2. The van der Waals surface area contributed by atoms with Gasteiger partial charge in [-0.3, -0.25) is 0 Å². The van der Waals surface area contributed by atoms with Crippen LogP contribution in [0.15, 0.2) is 182 Å². The molecule has 3 heteroatoms. The maximum atomic E-state index is 5.53. The predicted molar refractivity (Wildman–Crippen MR) is 204 cm³/mol. The van der Waals surface area contributed by atoms with Gasteiger partial charge in [0.15, 0.2) is 8.07 Å². The summed E-state index contributed by atoms with van der Waals surface area (Å²) in [6, 6.07) is 66.8. The van der Waals surface area contributed by atoms with Crippen LogP contribution < -0.4 is 20.7 Å². The van der Waals surface area contributed by atoms with E-state index in [2.05, 4.69) is 187 Å². The fourth-order valence-electron chi connectivity index (χ4n) is 8.20. The first-order valence-corrected chi connectivity index (χ1v) is 18.6. The lowest BCUT2D eigenvalue weighted by Crippen LogP contribution is -2.72. The van der Waals surface area contributed by atoms with Crippen LogP contribution in [0.2, 0.25) is 0 Å². The fraction of sp³-hybridized carbons (Fsp3) is 0. The topological polar surface area (TPSA) is 17.8 Å². The van der Waals surface area contributed by atoms with Crippen LogP contribution in [0.4, 0.5) is 0 Å². The normalized spacial score (nSPS) is 13.2. The van der Waals surface area contributed by atoms with Gasteiger partial charge in [0.05, 0.1) is 22.1 Å². The summed E-state index contributed by atoms with van der Waals surface area (Å²) in [5, 5.41) is 7.99. The van der Waals surface area contributed by atoms with Crippen LogP contribution in [0, 0.1) is 0 Å². The molecule has 2 aromatic heterocycles. The van der Waals surface area contributed by atoms with Crippen molar-refractivity contribution < 1.29 is 0 Å². The molecule has 0 fully saturated rings. The van der Waals surface area contributed by atoms with Gasteiger partial charge < -0.3 is 4.57 Å². The maximum Gasteiger partial charge on any atom is 0.180 e. The first-order chi connectivity index (χ1) is 23.8. The Bertz CT molecular complexity index is 2620. The number of benzene rings is 7. The minimum absolute atomic E-state index is 1.03. The van der Waals surface area contributed by atoms with E-state index < -0.39 is 8.07 Å². The second kappa shape index (κ2) is 10.5. The summed E-state index contributed by atoms with van der Waals surface area (Å²) in [7, 11) is -2.60. The Balaban J connectivity index is 1.28. The van der Waals surface area contributed by atoms with Crippen LogP contribution in [-0.2, 0) is 0 Å². The Kier molecular flexibility index (Phi) is 5.93. The Labute approximate surface area is 280 Å². The molecule has 0 saturated heterocycles. The van der Waals surface area contributed by atoms with Crippen molar-refractivity contribution in [1.82, 2.24) is 9.55 Å². The second-order valence-electron chi connectivity index (χ2n) is 12.7. The molecule has 0 aliphatic carbocycles. The fourth-order valence-corrected chi connectivity index (χ4v) is 13.4. The standard InChI is InChI=1S/C45H30N2Si/c1-4-15-31(16-5-1)32-17-14-18-34(27-32)47-41-25-12-10-24-38(41)45-42(47)29-33-28-39-37-23-11-13-26-43(37)48(35-19-6-2-7-20-35,36-21-8-3-9-22-36)44(39)30-40(33)46-45/h1-30H. The van der Waals surface area contributed by atoms with E-state index in [1.165, 1.54) is 43.0 Å². The van der Waals surface area contributed by atoms with Crippen LogP contribution in [0.5, 0.6) is 0 Å². The third kappa shape index (κ3) is 3.82. The van der Waals surface area contributed by atoms with Crippen molar-refractivity contribution in [1.29, 1.82) is 0 Å². The van der Waals surface area contributed by atoms with E-state index in [9.17, 15) is 0 Å². The summed E-state index contributed by atoms with van der Waals surface area (Å²) in [6.07, 6.45) is 0. The first kappa shape index (κ1) is 27.1. The lowest BCUT2D eigenvalue weighted by atomic mass is 10.0. The van der Waals surface area contributed by atoms with Gasteiger partial charge in [0.2, 0.25) is 0 Å². The van der Waals surface area contributed by atoms with Gasteiger partial charge in [0.1, 0.15) is 0 Å². The van der Waals surface area contributed by atoms with Crippen molar-refractivity contribution >= 4 is 61.7 Å². The van der Waals surface area contributed by atoms with E-state index in [1.807, 2.05) is 0 Å². The molecule has 0 radical (unpaired) electrons. The molecule has 48 heavy (non-hydrogen) atoms. The maximum absolute atomic E-state index is 5.53. The van der Waals surface area contributed by atoms with Gasteiger partial charge in [-0.25, -0.2) is 4.98 Å². The summed E-state index contributed by atoms with van der Waals surface area (Å²) in [5.41, 5.74) is 10.6. The first-order valence-electron chi connectivity index (χ1n) is 16.6. The van der Waals surface area contributed by atoms with Crippen LogP contribution >= 0.6 is 0 Å². The van der Waals surface area contributed by atoms with Gasteiger partial charge in [0.25, 0.3) is 0 Å². The summed E-state index contributed by atoms with van der Waals surface area (Å²) in [6.45, 7) is 0. The van der Waals surface area contributed by atoms with Crippen molar-refractivity contribution in [2.75, 3.05) is 0 Å². The number of hydrogen-bond donors (Lipinski definition) is 0. The number of aromatic nitrogens is 2. The Morgan fingerprint density at radius 2 is 1.08 bits per heavy atom. The number of rotatable bonds is 4. The van der Waals surface area contributed by atoms with E-state index in [0.29, 0.717) is 0 Å². The summed E-state index contributed by atoms with van der Waals surface area (Å²) >= 11 is 0. The average Bonchev–Trinajstić information content (AvgIpc) is 3.64. The average molecular weight is 627 g/mol. The zero-order valence-electron chi connectivity index (χ0n) is 26.2. The van der Waals surface area contributed by atoms with Crippen molar-refractivity contribution in [3.63, 3.8) is 0 Å². The summed E-state index contributed by atoms with van der Waals surface area (Å²) in [5.74, 6) is 0. The lowest BCUT2D eigenvalue weighted by molar-refractivity contribution is 1.18. The van der Waals surface area contributed by atoms with E-state index in [4.69, 9.17) is 4.98 Å². The minimum atomic E-state index is -2.60. The molecule has 1 aliphatic rings. The van der Waals surface area contributed by atoms with Gasteiger partial charge in [0, 0.05) is 16.5 Å². The molecule has 1 aliphatic heterocycles. The number of hydrogen-bond acceptors (Lipinski definition) is 1. The molecule has 0 unspecified atom stereocenters. The molecular weight excluding hydrogens is 597 g/mol. The van der Waals surface area contributed by atoms with Gasteiger partial charge in [-0.2, -0.15) is 0 Å². The summed E-state index contributed by atoms with van der Waals surface area (Å²) in [4.78, 5) is 5.53.